The Morgan fingerprint density at radius 3 is 2.33 bits per heavy atom. The van der Waals surface area contributed by atoms with E-state index in [1.165, 1.54) is 0 Å². The van der Waals surface area contributed by atoms with Gasteiger partial charge in [-0.05, 0) is 49.4 Å². The minimum Gasteiger partial charge on any atom is -0.324 e. The second-order valence-corrected chi connectivity index (χ2v) is 6.65. The highest BCUT2D eigenvalue weighted by Crippen LogP contribution is 2.20. The Morgan fingerprint density at radius 1 is 0.867 bits per heavy atom. The van der Waals surface area contributed by atoms with Gasteiger partial charge in [-0.3, -0.25) is 14.3 Å². The molecule has 150 valence electrons. The fraction of sp³-hybridized carbons (Fsp3) is 0.0909. The van der Waals surface area contributed by atoms with Gasteiger partial charge in [0.15, 0.2) is 0 Å². The molecule has 0 aliphatic heterocycles. The van der Waals surface area contributed by atoms with Crippen molar-refractivity contribution in [2.45, 2.75) is 13.0 Å². The molecule has 4 rings (SSSR count). The standard InChI is InChI=1S/C22H20N6O2/c1-16(27-13-5-11-23-27)21(29)25-17-7-4-8-18(15-17)26-22(30)19-9-2-3-10-20(19)28-14-6-12-24-28/h2-16H,1H3,(H,25,29)(H,26,30)/t16-/m0/s1. The third-order valence-corrected chi connectivity index (χ3v) is 4.59. The molecule has 0 unspecified atom stereocenters. The number of nitrogens with one attached hydrogen (secondary N) is 2. The van der Waals surface area contributed by atoms with Crippen molar-refractivity contribution in [1.29, 1.82) is 0 Å². The molecular formula is C22H20N6O2. The minimum absolute atomic E-state index is 0.203. The van der Waals surface area contributed by atoms with Crippen LogP contribution in [-0.4, -0.2) is 31.4 Å². The lowest BCUT2D eigenvalue weighted by atomic mass is 10.1. The van der Waals surface area contributed by atoms with Crippen molar-refractivity contribution in [3.8, 4) is 5.69 Å². The molecule has 2 heterocycles. The summed E-state index contributed by atoms with van der Waals surface area (Å²) in [4.78, 5) is 25.3. The number of benzene rings is 2. The van der Waals surface area contributed by atoms with Gasteiger partial charge in [0.05, 0.1) is 11.3 Å². The molecule has 8 heteroatoms. The number of anilines is 2. The van der Waals surface area contributed by atoms with Crippen molar-refractivity contribution in [3.05, 3.63) is 91.0 Å². The Hall–Kier alpha value is -4.20. The Bertz CT molecular complexity index is 1150. The van der Waals surface area contributed by atoms with Gasteiger partial charge in [-0.25, -0.2) is 4.68 Å². The van der Waals surface area contributed by atoms with Gasteiger partial charge >= 0.3 is 0 Å². The van der Waals surface area contributed by atoms with Gasteiger partial charge in [0.25, 0.3) is 5.91 Å². The van der Waals surface area contributed by atoms with E-state index in [-0.39, 0.29) is 11.8 Å². The van der Waals surface area contributed by atoms with Crippen molar-refractivity contribution in [2.24, 2.45) is 0 Å². The lowest BCUT2D eigenvalue weighted by Gasteiger charge is -2.14. The second kappa shape index (κ2) is 8.44. The summed E-state index contributed by atoms with van der Waals surface area (Å²) in [5.41, 5.74) is 2.32. The van der Waals surface area contributed by atoms with Crippen LogP contribution >= 0.6 is 0 Å². The fourth-order valence-electron chi connectivity index (χ4n) is 3.03. The van der Waals surface area contributed by atoms with E-state index in [4.69, 9.17) is 0 Å². The number of hydrogen-bond donors (Lipinski definition) is 2. The first-order valence-corrected chi connectivity index (χ1v) is 9.42. The Balaban J connectivity index is 1.49. The average Bonchev–Trinajstić information content (AvgIpc) is 3.47. The van der Waals surface area contributed by atoms with E-state index in [1.54, 1.807) is 89.6 Å². The predicted octanol–water partition coefficient (Wildman–Crippen LogP) is 3.52. The number of carbonyl (C=O) groups is 2. The van der Waals surface area contributed by atoms with E-state index in [0.29, 0.717) is 22.6 Å². The van der Waals surface area contributed by atoms with Gasteiger partial charge in [-0.15, -0.1) is 0 Å². The lowest BCUT2D eigenvalue weighted by Crippen LogP contribution is -2.24. The molecule has 1 atom stereocenters. The molecule has 0 aliphatic rings. The van der Waals surface area contributed by atoms with Crippen LogP contribution in [0.3, 0.4) is 0 Å². The van der Waals surface area contributed by atoms with Crippen molar-refractivity contribution in [2.75, 3.05) is 10.6 Å². The monoisotopic (exact) mass is 400 g/mol. The van der Waals surface area contributed by atoms with Crippen molar-refractivity contribution in [1.82, 2.24) is 19.6 Å². The number of hydrogen-bond acceptors (Lipinski definition) is 4. The lowest BCUT2D eigenvalue weighted by molar-refractivity contribution is -0.119. The van der Waals surface area contributed by atoms with Gasteiger partial charge < -0.3 is 10.6 Å². The molecule has 8 nitrogen and oxygen atoms in total. The van der Waals surface area contributed by atoms with E-state index in [0.717, 1.165) is 0 Å². The molecule has 4 aromatic rings. The summed E-state index contributed by atoms with van der Waals surface area (Å²) in [6.07, 6.45) is 6.80. The van der Waals surface area contributed by atoms with Gasteiger partial charge in [0.2, 0.25) is 5.91 Å². The zero-order valence-electron chi connectivity index (χ0n) is 16.3. The van der Waals surface area contributed by atoms with Crippen molar-refractivity contribution in [3.63, 3.8) is 0 Å². The molecule has 0 spiro atoms. The van der Waals surface area contributed by atoms with Gasteiger partial charge in [0, 0.05) is 36.2 Å². The highest BCUT2D eigenvalue weighted by Gasteiger charge is 2.16. The van der Waals surface area contributed by atoms with Gasteiger partial charge in [-0.2, -0.15) is 10.2 Å². The number of nitrogens with zero attached hydrogens (tertiary/aromatic N) is 4. The number of para-hydroxylation sites is 1. The molecule has 2 amide bonds. The average molecular weight is 400 g/mol. The topological polar surface area (TPSA) is 93.8 Å². The summed E-state index contributed by atoms with van der Waals surface area (Å²) >= 11 is 0. The van der Waals surface area contributed by atoms with Crippen LogP contribution in [0.1, 0.15) is 23.3 Å². The normalized spacial score (nSPS) is 11.6. The molecule has 0 radical (unpaired) electrons. The van der Waals surface area contributed by atoms with E-state index in [1.807, 2.05) is 12.1 Å². The van der Waals surface area contributed by atoms with E-state index in [9.17, 15) is 9.59 Å². The maximum atomic E-state index is 12.9. The molecule has 30 heavy (non-hydrogen) atoms. The van der Waals surface area contributed by atoms with Crippen LogP contribution in [0, 0.1) is 0 Å². The van der Waals surface area contributed by atoms with Gasteiger partial charge in [-0.1, -0.05) is 18.2 Å². The van der Waals surface area contributed by atoms with E-state index in [2.05, 4.69) is 20.8 Å². The molecule has 0 fully saturated rings. The molecule has 0 saturated carbocycles. The van der Waals surface area contributed by atoms with Crippen molar-refractivity contribution < 1.29 is 9.59 Å². The third-order valence-electron chi connectivity index (χ3n) is 4.59. The van der Waals surface area contributed by atoms with Crippen LogP contribution in [0.15, 0.2) is 85.5 Å². The van der Waals surface area contributed by atoms with Crippen LogP contribution in [0.5, 0.6) is 0 Å². The number of rotatable bonds is 6. The third kappa shape index (κ3) is 4.12. The van der Waals surface area contributed by atoms with E-state index < -0.39 is 6.04 Å². The molecular weight excluding hydrogens is 380 g/mol. The van der Waals surface area contributed by atoms with Crippen LogP contribution in [0.25, 0.3) is 5.69 Å². The molecule has 2 aromatic carbocycles. The number of amides is 2. The first-order chi connectivity index (χ1) is 14.6. The first kappa shape index (κ1) is 19.1. The molecule has 0 bridgehead atoms. The van der Waals surface area contributed by atoms with Crippen LogP contribution in [0.2, 0.25) is 0 Å². The van der Waals surface area contributed by atoms with Crippen LogP contribution in [-0.2, 0) is 4.79 Å². The summed E-state index contributed by atoms with van der Waals surface area (Å²) in [6.45, 7) is 1.76. The SMILES string of the molecule is C[C@@H](C(=O)Nc1cccc(NC(=O)c2ccccc2-n2cccn2)c1)n1cccn1. The zero-order valence-corrected chi connectivity index (χ0v) is 16.3. The zero-order chi connectivity index (χ0) is 20.9. The van der Waals surface area contributed by atoms with Crippen LogP contribution in [0.4, 0.5) is 11.4 Å². The first-order valence-electron chi connectivity index (χ1n) is 9.42. The number of carbonyl (C=O) groups excluding carboxylic acids is 2. The van der Waals surface area contributed by atoms with E-state index >= 15 is 0 Å². The molecule has 0 aliphatic carbocycles. The summed E-state index contributed by atoms with van der Waals surface area (Å²) in [6, 6.07) is 17.3. The summed E-state index contributed by atoms with van der Waals surface area (Å²) in [5.74, 6) is -0.472. The summed E-state index contributed by atoms with van der Waals surface area (Å²) in [5, 5.41) is 14.0. The van der Waals surface area contributed by atoms with Gasteiger partial charge in [0.1, 0.15) is 6.04 Å². The largest absolute Gasteiger partial charge is 0.324 e. The second-order valence-electron chi connectivity index (χ2n) is 6.65. The molecule has 2 aromatic heterocycles. The number of aromatic nitrogens is 4. The predicted molar refractivity (Wildman–Crippen MR) is 114 cm³/mol. The summed E-state index contributed by atoms with van der Waals surface area (Å²) < 4.78 is 3.22. The highest BCUT2D eigenvalue weighted by atomic mass is 16.2. The Kier molecular flexibility index (Phi) is 5.38. The maximum Gasteiger partial charge on any atom is 0.257 e. The summed E-state index contributed by atoms with van der Waals surface area (Å²) in [7, 11) is 0. The highest BCUT2D eigenvalue weighted by molar-refractivity contribution is 6.07. The molecule has 0 saturated heterocycles. The smallest absolute Gasteiger partial charge is 0.257 e. The maximum absolute atomic E-state index is 12.9. The fourth-order valence-corrected chi connectivity index (χ4v) is 3.03. The van der Waals surface area contributed by atoms with Crippen molar-refractivity contribution >= 4 is 23.2 Å². The Labute approximate surface area is 173 Å². The minimum atomic E-state index is -0.459. The quantitative estimate of drug-likeness (QED) is 0.518. The Morgan fingerprint density at radius 2 is 1.60 bits per heavy atom. The van der Waals surface area contributed by atoms with Crippen LogP contribution < -0.4 is 10.6 Å². The molecule has 2 N–H and O–H groups in total.